The lowest BCUT2D eigenvalue weighted by Crippen LogP contribution is -2.39. The van der Waals surface area contributed by atoms with Crippen molar-refractivity contribution in [3.8, 4) is 5.75 Å². The molecule has 0 aliphatic heterocycles. The van der Waals surface area contributed by atoms with E-state index in [1.54, 1.807) is 25.3 Å². The maximum atomic E-state index is 12.6. The van der Waals surface area contributed by atoms with Crippen molar-refractivity contribution < 1.29 is 9.53 Å². The number of aromatic amines is 2. The van der Waals surface area contributed by atoms with Gasteiger partial charge in [0.25, 0.3) is 0 Å². The molecule has 0 aliphatic rings. The van der Waals surface area contributed by atoms with Crippen LogP contribution in [0.1, 0.15) is 12.5 Å². The second-order valence-corrected chi connectivity index (χ2v) is 6.27. The van der Waals surface area contributed by atoms with Crippen molar-refractivity contribution in [1.29, 1.82) is 0 Å². The van der Waals surface area contributed by atoms with Gasteiger partial charge in [0.05, 0.1) is 24.2 Å². The van der Waals surface area contributed by atoms with E-state index in [-0.39, 0.29) is 17.6 Å². The van der Waals surface area contributed by atoms with E-state index >= 15 is 0 Å². The van der Waals surface area contributed by atoms with E-state index in [4.69, 9.17) is 4.74 Å². The fourth-order valence-electron chi connectivity index (χ4n) is 2.75. The number of aromatic nitrogens is 2. The van der Waals surface area contributed by atoms with Crippen molar-refractivity contribution >= 4 is 22.6 Å². The number of likely N-dealkylation sites (N-methyl/N-ethyl adjacent to an activating group) is 1. The van der Waals surface area contributed by atoms with Crippen LogP contribution in [0.3, 0.4) is 0 Å². The topological polar surface area (TPSA) is 90.2 Å². The number of carbonyl (C=O) groups is 1. The Bertz CT molecular complexity index is 976. The number of hydrogen-bond acceptors (Lipinski definition) is 4. The Morgan fingerprint density at radius 3 is 2.73 bits per heavy atom. The summed E-state index contributed by atoms with van der Waals surface area (Å²) in [5.74, 6) is 0.675. The number of nitrogens with zero attached hydrogens (tertiary/aromatic N) is 1. The van der Waals surface area contributed by atoms with Gasteiger partial charge in [-0.25, -0.2) is 4.79 Å². The molecular weight excluding hydrogens is 332 g/mol. The third-order valence-electron chi connectivity index (χ3n) is 4.39. The van der Waals surface area contributed by atoms with Crippen LogP contribution in [0.15, 0.2) is 47.3 Å². The third kappa shape index (κ3) is 3.94. The highest BCUT2D eigenvalue weighted by atomic mass is 16.5. The smallest absolute Gasteiger partial charge is 0.323 e. The summed E-state index contributed by atoms with van der Waals surface area (Å²) >= 11 is 0. The second-order valence-electron chi connectivity index (χ2n) is 6.27. The quantitative estimate of drug-likeness (QED) is 0.634. The van der Waals surface area contributed by atoms with E-state index in [0.29, 0.717) is 23.3 Å². The molecule has 136 valence electrons. The molecule has 7 nitrogen and oxygen atoms in total. The Labute approximate surface area is 151 Å². The molecule has 1 heterocycles. The first kappa shape index (κ1) is 17.8. The van der Waals surface area contributed by atoms with Crippen LogP contribution < -0.4 is 15.7 Å². The van der Waals surface area contributed by atoms with E-state index in [9.17, 15) is 9.59 Å². The van der Waals surface area contributed by atoms with Crippen LogP contribution in [-0.2, 0) is 11.3 Å². The predicted octanol–water partition coefficient (Wildman–Crippen LogP) is 2.32. The van der Waals surface area contributed by atoms with Crippen molar-refractivity contribution in [2.24, 2.45) is 0 Å². The number of H-pyrrole nitrogens is 2. The number of methoxy groups -OCH3 is 1. The van der Waals surface area contributed by atoms with Crippen LogP contribution in [0.5, 0.6) is 5.75 Å². The highest BCUT2D eigenvalue weighted by Crippen LogP contribution is 2.17. The Hall–Kier alpha value is -3.06. The first-order chi connectivity index (χ1) is 12.5. The predicted molar refractivity (Wildman–Crippen MR) is 101 cm³/mol. The molecule has 2 aromatic carbocycles. The van der Waals surface area contributed by atoms with E-state index in [2.05, 4.69) is 15.3 Å². The van der Waals surface area contributed by atoms with Crippen molar-refractivity contribution in [1.82, 2.24) is 14.9 Å². The van der Waals surface area contributed by atoms with Crippen LogP contribution >= 0.6 is 0 Å². The van der Waals surface area contributed by atoms with Crippen molar-refractivity contribution in [3.63, 3.8) is 0 Å². The normalized spacial score (nSPS) is 12.3. The molecule has 1 aromatic heterocycles. The summed E-state index contributed by atoms with van der Waals surface area (Å²) in [4.78, 5) is 31.2. The van der Waals surface area contributed by atoms with Gasteiger partial charge in [0.2, 0.25) is 5.91 Å². The highest BCUT2D eigenvalue weighted by molar-refractivity contribution is 5.96. The summed E-state index contributed by atoms with van der Waals surface area (Å²) in [6.07, 6.45) is 0. The molecule has 7 heteroatoms. The zero-order valence-corrected chi connectivity index (χ0v) is 15.0. The molecular formula is C19H22N4O3. The number of hydrogen-bond donors (Lipinski definition) is 3. The minimum absolute atomic E-state index is 0.118. The molecule has 1 amide bonds. The summed E-state index contributed by atoms with van der Waals surface area (Å²) in [5, 5.41) is 2.89. The van der Waals surface area contributed by atoms with Gasteiger partial charge in [-0.3, -0.25) is 9.69 Å². The van der Waals surface area contributed by atoms with Crippen molar-refractivity contribution in [3.05, 3.63) is 58.5 Å². The molecule has 3 N–H and O–H groups in total. The lowest BCUT2D eigenvalue weighted by atomic mass is 10.1. The van der Waals surface area contributed by atoms with E-state index < -0.39 is 0 Å². The molecule has 26 heavy (non-hydrogen) atoms. The molecule has 0 saturated carbocycles. The monoisotopic (exact) mass is 354 g/mol. The molecule has 0 saturated heterocycles. The fourth-order valence-corrected chi connectivity index (χ4v) is 2.75. The summed E-state index contributed by atoms with van der Waals surface area (Å²) in [7, 11) is 3.53. The first-order valence-corrected chi connectivity index (χ1v) is 8.32. The number of benzene rings is 2. The number of carbonyl (C=O) groups excluding carboxylic acids is 1. The SMILES string of the molecule is COc1cccc(CN(C)[C@H](C)C(=O)Nc2ccc3[nH]c(=O)[nH]c3c2)c1. The molecule has 3 aromatic rings. The largest absolute Gasteiger partial charge is 0.497 e. The molecule has 0 fully saturated rings. The van der Waals surface area contributed by atoms with Gasteiger partial charge < -0.3 is 20.0 Å². The number of amides is 1. The lowest BCUT2D eigenvalue weighted by molar-refractivity contribution is -0.120. The Morgan fingerprint density at radius 2 is 1.96 bits per heavy atom. The average molecular weight is 354 g/mol. The van der Waals surface area contributed by atoms with Crippen LogP contribution in [-0.4, -0.2) is 41.0 Å². The van der Waals surface area contributed by atoms with Crippen LogP contribution in [0.2, 0.25) is 0 Å². The van der Waals surface area contributed by atoms with Gasteiger partial charge in [-0.15, -0.1) is 0 Å². The Balaban J connectivity index is 1.66. The minimum Gasteiger partial charge on any atom is -0.497 e. The maximum absolute atomic E-state index is 12.6. The standard InChI is InChI=1S/C19H22N4O3/c1-12(23(2)11-13-5-4-6-15(9-13)26-3)18(24)20-14-7-8-16-17(10-14)22-19(25)21-16/h4-10,12H,11H2,1-3H3,(H,20,24)(H2,21,22,25)/t12-/m1/s1. The van der Waals surface area contributed by atoms with Gasteiger partial charge in [-0.1, -0.05) is 12.1 Å². The molecule has 0 unspecified atom stereocenters. The number of imidazole rings is 1. The van der Waals surface area contributed by atoms with Crippen LogP contribution in [0.25, 0.3) is 11.0 Å². The fraction of sp³-hybridized carbons (Fsp3) is 0.263. The van der Waals surface area contributed by atoms with Crippen molar-refractivity contribution in [2.45, 2.75) is 19.5 Å². The number of rotatable bonds is 6. The van der Waals surface area contributed by atoms with Gasteiger partial charge in [0.15, 0.2) is 0 Å². The Morgan fingerprint density at radius 1 is 1.19 bits per heavy atom. The summed E-state index contributed by atoms with van der Waals surface area (Å²) in [5.41, 5.74) is 2.80. The maximum Gasteiger partial charge on any atom is 0.323 e. The Kier molecular flexibility index (Phi) is 5.09. The lowest BCUT2D eigenvalue weighted by Gasteiger charge is -2.24. The average Bonchev–Trinajstić information content (AvgIpc) is 3.00. The van der Waals surface area contributed by atoms with Gasteiger partial charge in [0, 0.05) is 12.2 Å². The van der Waals surface area contributed by atoms with Gasteiger partial charge >= 0.3 is 5.69 Å². The van der Waals surface area contributed by atoms with E-state index in [1.807, 2.05) is 43.1 Å². The molecule has 0 spiro atoms. The third-order valence-corrected chi connectivity index (χ3v) is 4.39. The number of anilines is 1. The number of fused-ring (bicyclic) bond motifs is 1. The van der Waals surface area contributed by atoms with E-state index in [1.165, 1.54) is 0 Å². The molecule has 0 aliphatic carbocycles. The zero-order chi connectivity index (χ0) is 18.7. The summed E-state index contributed by atoms with van der Waals surface area (Å²) < 4.78 is 5.23. The van der Waals surface area contributed by atoms with Crippen LogP contribution in [0.4, 0.5) is 5.69 Å². The molecule has 0 radical (unpaired) electrons. The van der Waals surface area contributed by atoms with Gasteiger partial charge in [0.1, 0.15) is 5.75 Å². The number of nitrogens with one attached hydrogen (secondary N) is 3. The molecule has 1 atom stereocenters. The molecule has 3 rings (SSSR count). The summed E-state index contributed by atoms with van der Waals surface area (Å²) in [6.45, 7) is 2.47. The van der Waals surface area contributed by atoms with Gasteiger partial charge in [-0.05, 0) is 49.9 Å². The molecule has 0 bridgehead atoms. The highest BCUT2D eigenvalue weighted by Gasteiger charge is 2.18. The van der Waals surface area contributed by atoms with Crippen LogP contribution in [0, 0.1) is 0 Å². The zero-order valence-electron chi connectivity index (χ0n) is 15.0. The van der Waals surface area contributed by atoms with Crippen molar-refractivity contribution in [2.75, 3.05) is 19.5 Å². The first-order valence-electron chi connectivity index (χ1n) is 8.32. The minimum atomic E-state index is -0.331. The second kappa shape index (κ2) is 7.45. The number of ether oxygens (including phenoxy) is 1. The van der Waals surface area contributed by atoms with Gasteiger partial charge in [-0.2, -0.15) is 0 Å². The summed E-state index contributed by atoms with van der Waals surface area (Å²) in [6, 6.07) is 12.7. The van der Waals surface area contributed by atoms with E-state index in [0.717, 1.165) is 11.3 Å².